The highest BCUT2D eigenvalue weighted by Crippen LogP contribution is 2.21. The molecule has 0 aliphatic rings. The number of methoxy groups -OCH3 is 1. The number of carbonyl (C=O) groups is 1. The van der Waals surface area contributed by atoms with Crippen LogP contribution in [0.5, 0.6) is 5.75 Å². The minimum absolute atomic E-state index is 0.103. The third kappa shape index (κ3) is 4.65. The van der Waals surface area contributed by atoms with Crippen LogP contribution in [-0.4, -0.2) is 33.4 Å². The Morgan fingerprint density at radius 3 is 2.92 bits per heavy atom. The quantitative estimate of drug-likeness (QED) is 0.651. The molecule has 0 radical (unpaired) electrons. The number of rotatable bonds is 8. The Balaban J connectivity index is 1.45. The van der Waals surface area contributed by atoms with E-state index < -0.39 is 0 Å². The Bertz CT molecular complexity index is 873. The molecule has 0 bridgehead atoms. The first-order chi connectivity index (χ1) is 12.6. The van der Waals surface area contributed by atoms with E-state index in [1.165, 1.54) is 0 Å². The molecular formula is C17H19N5O4. The van der Waals surface area contributed by atoms with E-state index in [0.29, 0.717) is 42.8 Å². The van der Waals surface area contributed by atoms with Crippen LogP contribution in [0.15, 0.2) is 33.2 Å². The van der Waals surface area contributed by atoms with Crippen molar-refractivity contribution in [2.45, 2.75) is 32.7 Å². The summed E-state index contributed by atoms with van der Waals surface area (Å²) >= 11 is 0. The maximum absolute atomic E-state index is 11.8. The van der Waals surface area contributed by atoms with E-state index >= 15 is 0 Å². The van der Waals surface area contributed by atoms with Crippen LogP contribution in [0.2, 0.25) is 0 Å². The number of carbonyl (C=O) groups excluding carboxylic acids is 1. The average molecular weight is 357 g/mol. The molecule has 9 heteroatoms. The highest BCUT2D eigenvalue weighted by atomic mass is 16.5. The highest BCUT2D eigenvalue weighted by Gasteiger charge is 2.11. The molecule has 0 aliphatic carbocycles. The number of aryl methyl sites for hydroxylation is 2. The first-order valence-corrected chi connectivity index (χ1v) is 8.17. The molecule has 0 aliphatic heterocycles. The van der Waals surface area contributed by atoms with Crippen molar-refractivity contribution in [3.63, 3.8) is 0 Å². The largest absolute Gasteiger partial charge is 0.497 e. The fourth-order valence-electron chi connectivity index (χ4n) is 2.31. The number of aromatic nitrogens is 4. The summed E-state index contributed by atoms with van der Waals surface area (Å²) in [5.41, 5.74) is 0.812. The van der Waals surface area contributed by atoms with Gasteiger partial charge < -0.3 is 19.0 Å². The molecule has 0 unspecified atom stereocenters. The summed E-state index contributed by atoms with van der Waals surface area (Å²) in [7, 11) is 1.60. The summed E-state index contributed by atoms with van der Waals surface area (Å²) in [6, 6.07) is 7.42. The number of nitrogens with one attached hydrogen (secondary N) is 1. The van der Waals surface area contributed by atoms with E-state index in [4.69, 9.17) is 13.7 Å². The van der Waals surface area contributed by atoms with Crippen molar-refractivity contribution in [3.8, 4) is 17.1 Å². The number of amides is 1. The predicted octanol–water partition coefficient (Wildman–Crippen LogP) is 2.08. The molecule has 3 aromatic rings. The third-order valence-electron chi connectivity index (χ3n) is 3.60. The Labute approximate surface area is 149 Å². The molecule has 0 fully saturated rings. The lowest BCUT2D eigenvalue weighted by molar-refractivity contribution is -0.121. The zero-order chi connectivity index (χ0) is 18.4. The third-order valence-corrected chi connectivity index (χ3v) is 3.60. The Kier molecular flexibility index (Phi) is 5.57. The summed E-state index contributed by atoms with van der Waals surface area (Å²) in [5, 5.41) is 14.2. The fourth-order valence-corrected chi connectivity index (χ4v) is 2.31. The van der Waals surface area contributed by atoms with Gasteiger partial charge >= 0.3 is 0 Å². The lowest BCUT2D eigenvalue weighted by Gasteiger charge is -2.01. The van der Waals surface area contributed by atoms with E-state index in [1.54, 1.807) is 14.0 Å². The van der Waals surface area contributed by atoms with Gasteiger partial charge in [0, 0.05) is 25.3 Å². The van der Waals surface area contributed by atoms with Gasteiger partial charge in [-0.3, -0.25) is 4.79 Å². The molecule has 2 heterocycles. The summed E-state index contributed by atoms with van der Waals surface area (Å²) in [5.74, 6) is 2.46. The van der Waals surface area contributed by atoms with Crippen LogP contribution >= 0.6 is 0 Å². The van der Waals surface area contributed by atoms with Crippen LogP contribution in [0.1, 0.15) is 30.5 Å². The minimum Gasteiger partial charge on any atom is -0.497 e. The first-order valence-electron chi connectivity index (χ1n) is 8.17. The molecule has 2 aromatic heterocycles. The van der Waals surface area contributed by atoms with Crippen LogP contribution < -0.4 is 10.1 Å². The van der Waals surface area contributed by atoms with Crippen LogP contribution in [-0.2, 0) is 17.8 Å². The smallest absolute Gasteiger partial charge is 0.235 e. The molecule has 9 nitrogen and oxygen atoms in total. The van der Waals surface area contributed by atoms with Crippen LogP contribution in [0.4, 0.5) is 0 Å². The fraction of sp³-hybridized carbons (Fsp3) is 0.353. The van der Waals surface area contributed by atoms with Gasteiger partial charge in [-0.15, -0.1) is 10.2 Å². The SMILES string of the molecule is COc1cccc(-c2noc(CCCC(=O)NCc3nnc(C)o3)n2)c1. The molecule has 3 rings (SSSR count). The van der Waals surface area contributed by atoms with Gasteiger partial charge in [0.15, 0.2) is 0 Å². The van der Waals surface area contributed by atoms with Gasteiger partial charge in [0.1, 0.15) is 5.75 Å². The second-order valence-electron chi connectivity index (χ2n) is 5.59. The van der Waals surface area contributed by atoms with Crippen molar-refractivity contribution in [1.29, 1.82) is 0 Å². The molecule has 0 atom stereocenters. The van der Waals surface area contributed by atoms with Crippen molar-refractivity contribution >= 4 is 5.91 Å². The summed E-state index contributed by atoms with van der Waals surface area (Å²) in [6.07, 6.45) is 1.45. The molecule has 1 amide bonds. The Morgan fingerprint density at radius 2 is 2.15 bits per heavy atom. The molecule has 0 spiro atoms. The lowest BCUT2D eigenvalue weighted by Crippen LogP contribution is -2.22. The molecule has 0 saturated carbocycles. The first kappa shape index (κ1) is 17.6. The summed E-state index contributed by atoms with van der Waals surface area (Å²) in [4.78, 5) is 16.2. The molecule has 1 aromatic carbocycles. The van der Waals surface area contributed by atoms with E-state index in [9.17, 15) is 4.79 Å². The van der Waals surface area contributed by atoms with Crippen molar-refractivity contribution in [3.05, 3.63) is 41.9 Å². The van der Waals surface area contributed by atoms with E-state index in [-0.39, 0.29) is 12.5 Å². The second kappa shape index (κ2) is 8.24. The number of hydrogen-bond donors (Lipinski definition) is 1. The Hall–Kier alpha value is -3.23. The van der Waals surface area contributed by atoms with Crippen LogP contribution in [0, 0.1) is 6.92 Å². The highest BCUT2D eigenvalue weighted by molar-refractivity contribution is 5.75. The van der Waals surface area contributed by atoms with Gasteiger partial charge in [-0.2, -0.15) is 4.98 Å². The van der Waals surface area contributed by atoms with Gasteiger partial charge in [0.2, 0.25) is 29.4 Å². The van der Waals surface area contributed by atoms with Crippen molar-refractivity contribution in [2.24, 2.45) is 0 Å². The average Bonchev–Trinajstić information content (AvgIpc) is 3.29. The van der Waals surface area contributed by atoms with Gasteiger partial charge in [0.25, 0.3) is 0 Å². The lowest BCUT2D eigenvalue weighted by atomic mass is 10.2. The molecule has 136 valence electrons. The minimum atomic E-state index is -0.103. The molecular weight excluding hydrogens is 338 g/mol. The number of hydrogen-bond acceptors (Lipinski definition) is 8. The van der Waals surface area contributed by atoms with Gasteiger partial charge in [-0.25, -0.2) is 0 Å². The maximum Gasteiger partial charge on any atom is 0.235 e. The van der Waals surface area contributed by atoms with Crippen molar-refractivity contribution in [2.75, 3.05) is 7.11 Å². The van der Waals surface area contributed by atoms with E-state index in [2.05, 4.69) is 25.7 Å². The Morgan fingerprint density at radius 1 is 1.27 bits per heavy atom. The van der Waals surface area contributed by atoms with Gasteiger partial charge in [-0.05, 0) is 18.6 Å². The number of benzene rings is 1. The van der Waals surface area contributed by atoms with Gasteiger partial charge in [-0.1, -0.05) is 17.3 Å². The standard InChI is InChI=1S/C17H19N5O4/c1-11-20-21-16(25-11)10-18-14(23)7-4-8-15-19-17(22-26-15)12-5-3-6-13(9-12)24-2/h3,5-6,9H,4,7-8,10H2,1-2H3,(H,18,23). The van der Waals surface area contributed by atoms with Gasteiger partial charge in [0.05, 0.1) is 13.7 Å². The monoisotopic (exact) mass is 357 g/mol. The van der Waals surface area contributed by atoms with Crippen LogP contribution in [0.25, 0.3) is 11.4 Å². The maximum atomic E-state index is 11.8. The van der Waals surface area contributed by atoms with E-state index in [0.717, 1.165) is 11.3 Å². The normalized spacial score (nSPS) is 10.7. The second-order valence-corrected chi connectivity index (χ2v) is 5.59. The zero-order valence-corrected chi connectivity index (χ0v) is 14.6. The molecule has 0 saturated heterocycles. The predicted molar refractivity (Wildman–Crippen MR) is 90.1 cm³/mol. The summed E-state index contributed by atoms with van der Waals surface area (Å²) in [6.45, 7) is 1.92. The topological polar surface area (TPSA) is 116 Å². The number of ether oxygens (including phenoxy) is 1. The van der Waals surface area contributed by atoms with Crippen molar-refractivity contribution in [1.82, 2.24) is 25.7 Å². The number of nitrogens with zero attached hydrogens (tertiary/aromatic N) is 4. The zero-order valence-electron chi connectivity index (χ0n) is 14.6. The summed E-state index contributed by atoms with van der Waals surface area (Å²) < 4.78 is 15.6. The molecule has 1 N–H and O–H groups in total. The van der Waals surface area contributed by atoms with Crippen LogP contribution in [0.3, 0.4) is 0 Å². The van der Waals surface area contributed by atoms with Crippen molar-refractivity contribution < 1.29 is 18.5 Å². The van der Waals surface area contributed by atoms with E-state index in [1.807, 2.05) is 24.3 Å². The molecule has 26 heavy (non-hydrogen) atoms.